The molecule has 39 heavy (non-hydrogen) atoms. The molecule has 0 saturated heterocycles. The average molecular weight is 525 g/mol. The number of hydrogen-bond donors (Lipinski definition) is 3. The van der Waals surface area contributed by atoms with Crippen molar-refractivity contribution in [1.29, 1.82) is 0 Å². The van der Waals surface area contributed by atoms with Crippen LogP contribution < -0.4 is 11.1 Å². The summed E-state index contributed by atoms with van der Waals surface area (Å²) in [6.45, 7) is 1.91. The Labute approximate surface area is 223 Å². The largest absolute Gasteiger partial charge is 0.366 e. The monoisotopic (exact) mass is 524 g/mol. The summed E-state index contributed by atoms with van der Waals surface area (Å²) in [6.07, 6.45) is 1.78. The number of nitrogens with two attached hydrogens (primary N) is 1. The Morgan fingerprint density at radius 3 is 2.51 bits per heavy atom. The van der Waals surface area contributed by atoms with Gasteiger partial charge in [-0.2, -0.15) is 0 Å². The van der Waals surface area contributed by atoms with Gasteiger partial charge in [-0.25, -0.2) is 8.78 Å². The molecule has 2 aromatic heterocycles. The van der Waals surface area contributed by atoms with Crippen LogP contribution in [0.4, 0.5) is 8.78 Å². The first-order valence-corrected chi connectivity index (χ1v) is 12.4. The number of amides is 2. The number of hydrogen-bond acceptors (Lipinski definition) is 3. The molecule has 0 fully saturated rings. The lowest BCUT2D eigenvalue weighted by atomic mass is 9.94. The summed E-state index contributed by atoms with van der Waals surface area (Å²) in [5, 5.41) is 4.00. The molecule has 0 bridgehead atoms. The minimum atomic E-state index is -0.724. The zero-order valence-corrected chi connectivity index (χ0v) is 21.2. The third kappa shape index (κ3) is 5.70. The third-order valence-corrected chi connectivity index (χ3v) is 6.69. The SMILES string of the molecule is Cc1[nH]c2ccccc2c1CC(=O)NC(Cc1cc(F)cc(F)c1)c1ncccc1-c1cccc(C(N)=O)c1. The molecule has 3 aromatic carbocycles. The van der Waals surface area contributed by atoms with Gasteiger partial charge in [-0.05, 0) is 66.4 Å². The van der Waals surface area contributed by atoms with Crippen LogP contribution >= 0.6 is 0 Å². The van der Waals surface area contributed by atoms with E-state index in [-0.39, 0.29) is 18.7 Å². The number of rotatable bonds is 8. The van der Waals surface area contributed by atoms with Gasteiger partial charge in [-0.1, -0.05) is 36.4 Å². The van der Waals surface area contributed by atoms with Crippen LogP contribution in [0.25, 0.3) is 22.0 Å². The molecule has 6 nitrogen and oxygen atoms in total. The molecule has 0 aliphatic carbocycles. The van der Waals surface area contributed by atoms with E-state index in [1.807, 2.05) is 43.3 Å². The minimum absolute atomic E-state index is 0.0901. The Hall–Kier alpha value is -4.85. The second-order valence-corrected chi connectivity index (χ2v) is 9.43. The molecule has 0 spiro atoms. The van der Waals surface area contributed by atoms with Gasteiger partial charge in [0.15, 0.2) is 0 Å². The van der Waals surface area contributed by atoms with Crippen molar-refractivity contribution in [3.05, 3.63) is 125 Å². The number of para-hydroxylation sites is 1. The van der Waals surface area contributed by atoms with Gasteiger partial charge in [0.25, 0.3) is 0 Å². The van der Waals surface area contributed by atoms with Crippen molar-refractivity contribution in [3.63, 3.8) is 0 Å². The lowest BCUT2D eigenvalue weighted by Gasteiger charge is -2.22. The molecule has 0 saturated carbocycles. The van der Waals surface area contributed by atoms with E-state index in [4.69, 9.17) is 5.73 Å². The Balaban J connectivity index is 1.53. The lowest BCUT2D eigenvalue weighted by Crippen LogP contribution is -2.32. The van der Waals surface area contributed by atoms with E-state index >= 15 is 0 Å². The van der Waals surface area contributed by atoms with Crippen LogP contribution in [0.1, 0.15) is 38.9 Å². The summed E-state index contributed by atoms with van der Waals surface area (Å²) in [5.41, 5.74) is 10.7. The van der Waals surface area contributed by atoms with Crippen molar-refractivity contribution >= 4 is 22.7 Å². The number of carbonyl (C=O) groups is 2. The molecular formula is C31H26F2N4O2. The summed E-state index contributed by atoms with van der Waals surface area (Å²) < 4.78 is 28.1. The molecule has 5 aromatic rings. The number of carbonyl (C=O) groups excluding carboxylic acids is 2. The van der Waals surface area contributed by atoms with E-state index < -0.39 is 23.6 Å². The fraction of sp³-hybridized carbons (Fsp3) is 0.129. The predicted molar refractivity (Wildman–Crippen MR) is 146 cm³/mol. The first-order valence-electron chi connectivity index (χ1n) is 12.4. The van der Waals surface area contributed by atoms with E-state index in [1.54, 1.807) is 30.5 Å². The number of nitrogens with one attached hydrogen (secondary N) is 2. The molecule has 1 atom stereocenters. The molecule has 0 aliphatic heterocycles. The van der Waals surface area contributed by atoms with Crippen molar-refractivity contribution in [1.82, 2.24) is 15.3 Å². The quantitative estimate of drug-likeness (QED) is 0.248. The zero-order chi connectivity index (χ0) is 27.5. The Morgan fingerprint density at radius 1 is 0.974 bits per heavy atom. The number of H-pyrrole nitrogens is 1. The average Bonchev–Trinajstić information content (AvgIpc) is 3.22. The number of aromatic nitrogens is 2. The highest BCUT2D eigenvalue weighted by molar-refractivity contribution is 5.94. The van der Waals surface area contributed by atoms with Crippen molar-refractivity contribution in [2.45, 2.75) is 25.8 Å². The van der Waals surface area contributed by atoms with E-state index in [9.17, 15) is 18.4 Å². The standard InChI is InChI=1S/C31H26F2N4O2/c1-18-26(25-8-2-3-10-27(25)36-18)17-29(38)37-28(14-19-12-22(32)16-23(33)13-19)30-24(9-5-11-35-30)20-6-4-7-21(15-20)31(34)39/h2-13,15-16,28,36H,14,17H2,1H3,(H2,34,39)(H,37,38). The summed E-state index contributed by atoms with van der Waals surface area (Å²) in [6, 6.07) is 20.6. The number of nitrogens with zero attached hydrogens (tertiary/aromatic N) is 1. The van der Waals surface area contributed by atoms with Gasteiger partial charge in [0.05, 0.1) is 18.2 Å². The number of pyridine rings is 1. The van der Waals surface area contributed by atoms with Gasteiger partial charge in [0, 0.05) is 40.0 Å². The summed E-state index contributed by atoms with van der Waals surface area (Å²) >= 11 is 0. The molecule has 4 N–H and O–H groups in total. The molecule has 1 unspecified atom stereocenters. The van der Waals surface area contributed by atoms with Crippen molar-refractivity contribution in [2.75, 3.05) is 0 Å². The third-order valence-electron chi connectivity index (χ3n) is 6.69. The molecular weight excluding hydrogens is 498 g/mol. The maximum atomic E-state index is 14.1. The highest BCUT2D eigenvalue weighted by Crippen LogP contribution is 2.30. The van der Waals surface area contributed by atoms with Crippen LogP contribution in [-0.4, -0.2) is 21.8 Å². The van der Waals surface area contributed by atoms with Gasteiger partial charge in [0.2, 0.25) is 11.8 Å². The molecule has 8 heteroatoms. The van der Waals surface area contributed by atoms with Gasteiger partial charge < -0.3 is 16.0 Å². The number of halogens is 2. The van der Waals surface area contributed by atoms with Crippen molar-refractivity contribution in [2.24, 2.45) is 5.73 Å². The fourth-order valence-corrected chi connectivity index (χ4v) is 4.93. The van der Waals surface area contributed by atoms with Gasteiger partial charge in [-0.15, -0.1) is 0 Å². The second-order valence-electron chi connectivity index (χ2n) is 9.43. The summed E-state index contributed by atoms with van der Waals surface area (Å²) in [5.74, 6) is -2.26. The molecule has 5 rings (SSSR count). The number of aromatic amines is 1. The highest BCUT2D eigenvalue weighted by atomic mass is 19.1. The Bertz CT molecular complexity index is 1680. The van der Waals surface area contributed by atoms with Crippen molar-refractivity contribution < 1.29 is 18.4 Å². The van der Waals surface area contributed by atoms with Crippen LogP contribution in [0.3, 0.4) is 0 Å². The Kier molecular flexibility index (Phi) is 7.19. The molecule has 2 heterocycles. The first-order chi connectivity index (χ1) is 18.8. The minimum Gasteiger partial charge on any atom is -0.366 e. The van der Waals surface area contributed by atoms with Crippen LogP contribution in [0.15, 0.2) is 85.1 Å². The van der Waals surface area contributed by atoms with E-state index in [0.29, 0.717) is 27.9 Å². The Morgan fingerprint density at radius 2 is 1.74 bits per heavy atom. The number of benzene rings is 3. The fourth-order valence-electron chi connectivity index (χ4n) is 4.93. The topological polar surface area (TPSA) is 101 Å². The summed E-state index contributed by atoms with van der Waals surface area (Å²) in [7, 11) is 0. The van der Waals surface area contributed by atoms with Crippen LogP contribution in [0, 0.1) is 18.6 Å². The number of fused-ring (bicyclic) bond motifs is 1. The van der Waals surface area contributed by atoms with Crippen molar-refractivity contribution in [3.8, 4) is 11.1 Å². The van der Waals surface area contributed by atoms with Crippen LogP contribution in [0.2, 0.25) is 0 Å². The van der Waals surface area contributed by atoms with E-state index in [1.165, 1.54) is 12.1 Å². The normalized spacial score (nSPS) is 11.9. The molecule has 0 aliphatic rings. The molecule has 196 valence electrons. The highest BCUT2D eigenvalue weighted by Gasteiger charge is 2.23. The van der Waals surface area contributed by atoms with Crippen LogP contribution in [0.5, 0.6) is 0 Å². The maximum Gasteiger partial charge on any atom is 0.248 e. The van der Waals surface area contributed by atoms with E-state index in [0.717, 1.165) is 28.2 Å². The lowest BCUT2D eigenvalue weighted by molar-refractivity contribution is -0.121. The number of primary amides is 1. The molecule has 2 amide bonds. The summed E-state index contributed by atoms with van der Waals surface area (Å²) in [4.78, 5) is 33.1. The van der Waals surface area contributed by atoms with Gasteiger partial charge >= 0.3 is 0 Å². The second kappa shape index (κ2) is 10.9. The predicted octanol–water partition coefficient (Wildman–Crippen LogP) is 5.56. The maximum absolute atomic E-state index is 14.1. The smallest absolute Gasteiger partial charge is 0.248 e. The van der Waals surface area contributed by atoms with E-state index in [2.05, 4.69) is 15.3 Å². The van der Waals surface area contributed by atoms with Gasteiger partial charge in [0.1, 0.15) is 11.6 Å². The van der Waals surface area contributed by atoms with Crippen LogP contribution in [-0.2, 0) is 17.6 Å². The zero-order valence-electron chi connectivity index (χ0n) is 21.2. The first kappa shape index (κ1) is 25.8. The van der Waals surface area contributed by atoms with Gasteiger partial charge in [-0.3, -0.25) is 14.6 Å². The number of aryl methyl sites for hydroxylation is 1. The molecule has 0 radical (unpaired) electrons.